The molecule has 1 N–H and O–H groups in total. The van der Waals surface area contributed by atoms with Gasteiger partial charge in [-0.2, -0.15) is 5.10 Å². The molecule has 0 spiro atoms. The average molecular weight is 335 g/mol. The molecule has 3 aromatic rings. The van der Waals surface area contributed by atoms with Gasteiger partial charge in [0.05, 0.1) is 12.5 Å². The number of nitrogens with one attached hydrogen (secondary N) is 1. The summed E-state index contributed by atoms with van der Waals surface area (Å²) in [6.45, 7) is 0.679. The standard InChI is InChI=1S/C20H21N3O2/c24-20(22-21-14-15-6-5-13-25-15)11-12-23-18-9-3-1-7-16(18)17-8-2-4-10-19(17)23/h1,3,5-7,9,13-14H,2,4,8,10-12H2,(H,22,24)/b21-14-. The van der Waals surface area contributed by atoms with Gasteiger partial charge in [0.15, 0.2) is 0 Å². The average Bonchev–Trinajstić information content (AvgIpc) is 3.26. The topological polar surface area (TPSA) is 59.5 Å². The number of benzene rings is 1. The van der Waals surface area contributed by atoms with E-state index in [1.165, 1.54) is 41.2 Å². The molecule has 2 aromatic heterocycles. The van der Waals surface area contributed by atoms with Crippen molar-refractivity contribution in [1.29, 1.82) is 0 Å². The summed E-state index contributed by atoms with van der Waals surface area (Å²) in [5.74, 6) is 0.524. The molecule has 0 bridgehead atoms. The van der Waals surface area contributed by atoms with Crippen LogP contribution in [0.3, 0.4) is 0 Å². The maximum atomic E-state index is 12.1. The van der Waals surface area contributed by atoms with Gasteiger partial charge in [-0.1, -0.05) is 18.2 Å². The first kappa shape index (κ1) is 15.7. The zero-order valence-electron chi connectivity index (χ0n) is 14.1. The number of fused-ring (bicyclic) bond motifs is 3. The van der Waals surface area contributed by atoms with Crippen LogP contribution < -0.4 is 5.43 Å². The lowest BCUT2D eigenvalue weighted by molar-refractivity contribution is -0.121. The molecular weight excluding hydrogens is 314 g/mol. The molecule has 1 amide bonds. The molecule has 4 rings (SSSR count). The van der Waals surface area contributed by atoms with E-state index >= 15 is 0 Å². The molecule has 0 saturated heterocycles. The van der Waals surface area contributed by atoms with Gasteiger partial charge in [-0.05, 0) is 49.4 Å². The van der Waals surface area contributed by atoms with Crippen molar-refractivity contribution in [2.24, 2.45) is 5.10 Å². The van der Waals surface area contributed by atoms with Gasteiger partial charge in [0.25, 0.3) is 0 Å². The first-order chi connectivity index (χ1) is 12.3. The Morgan fingerprint density at radius 3 is 2.96 bits per heavy atom. The Bertz CT molecular complexity index is 907. The molecule has 0 radical (unpaired) electrons. The first-order valence-electron chi connectivity index (χ1n) is 8.77. The predicted molar refractivity (Wildman–Crippen MR) is 97.6 cm³/mol. The molecule has 25 heavy (non-hydrogen) atoms. The number of hydrogen-bond donors (Lipinski definition) is 1. The van der Waals surface area contributed by atoms with Gasteiger partial charge in [0, 0.05) is 29.6 Å². The highest BCUT2D eigenvalue weighted by atomic mass is 16.3. The van der Waals surface area contributed by atoms with Crippen molar-refractivity contribution in [3.63, 3.8) is 0 Å². The van der Waals surface area contributed by atoms with E-state index in [-0.39, 0.29) is 5.91 Å². The van der Waals surface area contributed by atoms with E-state index in [1.54, 1.807) is 18.4 Å². The molecule has 5 nitrogen and oxygen atoms in total. The number of hydrazone groups is 1. The molecular formula is C20H21N3O2. The third kappa shape index (κ3) is 3.22. The van der Waals surface area contributed by atoms with E-state index in [1.807, 2.05) is 0 Å². The van der Waals surface area contributed by atoms with Crippen LogP contribution in [0.4, 0.5) is 0 Å². The summed E-state index contributed by atoms with van der Waals surface area (Å²) in [6, 6.07) is 12.1. The van der Waals surface area contributed by atoms with Crippen molar-refractivity contribution in [2.45, 2.75) is 38.6 Å². The van der Waals surface area contributed by atoms with Gasteiger partial charge >= 0.3 is 0 Å². The third-order valence-electron chi connectivity index (χ3n) is 4.77. The molecule has 0 fully saturated rings. The Hall–Kier alpha value is -2.82. The first-order valence-corrected chi connectivity index (χ1v) is 8.77. The van der Waals surface area contributed by atoms with Crippen LogP contribution in [0.2, 0.25) is 0 Å². The third-order valence-corrected chi connectivity index (χ3v) is 4.77. The number of aromatic nitrogens is 1. The minimum atomic E-state index is -0.0925. The summed E-state index contributed by atoms with van der Waals surface area (Å²) >= 11 is 0. The van der Waals surface area contributed by atoms with Crippen molar-refractivity contribution in [3.8, 4) is 0 Å². The largest absolute Gasteiger partial charge is 0.463 e. The van der Waals surface area contributed by atoms with Crippen molar-refractivity contribution in [2.75, 3.05) is 0 Å². The van der Waals surface area contributed by atoms with E-state index in [2.05, 4.69) is 39.4 Å². The second-order valence-corrected chi connectivity index (χ2v) is 6.36. The molecule has 0 aliphatic heterocycles. The number of aryl methyl sites for hydroxylation is 2. The summed E-state index contributed by atoms with van der Waals surface area (Å²) in [5, 5.41) is 5.28. The number of nitrogens with zero attached hydrogens (tertiary/aromatic N) is 2. The number of furan rings is 1. The molecule has 0 saturated carbocycles. The van der Waals surface area contributed by atoms with E-state index in [0.29, 0.717) is 18.7 Å². The van der Waals surface area contributed by atoms with Crippen molar-refractivity contribution in [3.05, 3.63) is 59.7 Å². The molecule has 1 aromatic carbocycles. The van der Waals surface area contributed by atoms with Crippen molar-refractivity contribution in [1.82, 2.24) is 9.99 Å². The fourth-order valence-electron chi connectivity index (χ4n) is 3.64. The van der Waals surface area contributed by atoms with E-state index in [0.717, 1.165) is 12.8 Å². The van der Waals surface area contributed by atoms with Crippen molar-refractivity contribution < 1.29 is 9.21 Å². The van der Waals surface area contributed by atoms with E-state index in [9.17, 15) is 4.79 Å². The van der Waals surface area contributed by atoms with Crippen LogP contribution >= 0.6 is 0 Å². The van der Waals surface area contributed by atoms with Gasteiger partial charge in [-0.25, -0.2) is 5.43 Å². The summed E-state index contributed by atoms with van der Waals surface area (Å²) in [4.78, 5) is 12.1. The molecule has 0 atom stereocenters. The van der Waals surface area contributed by atoms with Crippen LogP contribution in [-0.4, -0.2) is 16.7 Å². The zero-order chi connectivity index (χ0) is 17.1. The number of hydrogen-bond acceptors (Lipinski definition) is 3. The predicted octanol–water partition coefficient (Wildman–Crippen LogP) is 3.65. The summed E-state index contributed by atoms with van der Waals surface area (Å²) in [6.07, 6.45) is 8.20. The van der Waals surface area contributed by atoms with Crippen LogP contribution in [-0.2, 0) is 24.2 Å². The highest BCUT2D eigenvalue weighted by Gasteiger charge is 2.19. The van der Waals surface area contributed by atoms with Crippen molar-refractivity contribution >= 4 is 23.0 Å². The Morgan fingerprint density at radius 2 is 2.08 bits per heavy atom. The smallest absolute Gasteiger partial charge is 0.241 e. The minimum absolute atomic E-state index is 0.0925. The molecule has 128 valence electrons. The van der Waals surface area contributed by atoms with E-state index in [4.69, 9.17) is 4.42 Å². The monoisotopic (exact) mass is 335 g/mol. The zero-order valence-corrected chi connectivity index (χ0v) is 14.1. The van der Waals surface area contributed by atoms with Gasteiger partial charge < -0.3 is 8.98 Å². The van der Waals surface area contributed by atoms with Gasteiger partial charge in [0.1, 0.15) is 5.76 Å². The van der Waals surface area contributed by atoms with Gasteiger partial charge in [-0.3, -0.25) is 4.79 Å². The SMILES string of the molecule is O=C(CCn1c2c(c3ccccc31)CCCC2)N/N=C\c1ccco1. The Morgan fingerprint density at radius 1 is 1.20 bits per heavy atom. The lowest BCUT2D eigenvalue weighted by Gasteiger charge is -2.15. The molecule has 0 unspecified atom stereocenters. The fourth-order valence-corrected chi connectivity index (χ4v) is 3.64. The second-order valence-electron chi connectivity index (χ2n) is 6.36. The fraction of sp³-hybridized carbons (Fsp3) is 0.300. The highest BCUT2D eigenvalue weighted by Crippen LogP contribution is 2.32. The second kappa shape index (κ2) is 6.97. The van der Waals surface area contributed by atoms with Gasteiger partial charge in [-0.15, -0.1) is 0 Å². The minimum Gasteiger partial charge on any atom is -0.463 e. The van der Waals surface area contributed by atoms with Crippen LogP contribution in [0.5, 0.6) is 0 Å². The lowest BCUT2D eigenvalue weighted by atomic mass is 9.95. The molecule has 1 aliphatic carbocycles. The van der Waals surface area contributed by atoms with Crippen LogP contribution in [0.1, 0.15) is 36.3 Å². The molecule has 5 heteroatoms. The molecule has 1 aliphatic rings. The summed E-state index contributed by atoms with van der Waals surface area (Å²) < 4.78 is 7.46. The van der Waals surface area contributed by atoms with Crippen LogP contribution in [0, 0.1) is 0 Å². The normalized spacial score (nSPS) is 14.1. The van der Waals surface area contributed by atoms with E-state index < -0.39 is 0 Å². The maximum absolute atomic E-state index is 12.1. The van der Waals surface area contributed by atoms with Crippen LogP contribution in [0.25, 0.3) is 10.9 Å². The number of carbonyl (C=O) groups is 1. The maximum Gasteiger partial charge on any atom is 0.241 e. The summed E-state index contributed by atoms with van der Waals surface area (Å²) in [7, 11) is 0. The number of amides is 1. The number of para-hydroxylation sites is 1. The summed E-state index contributed by atoms with van der Waals surface area (Å²) in [5.41, 5.74) is 6.68. The molecule has 2 heterocycles. The Balaban J connectivity index is 1.47. The Labute approximate surface area is 146 Å². The van der Waals surface area contributed by atoms with Gasteiger partial charge in [0.2, 0.25) is 5.91 Å². The Kier molecular flexibility index (Phi) is 4.37. The number of carbonyl (C=O) groups excluding carboxylic acids is 1. The van der Waals surface area contributed by atoms with Crippen LogP contribution in [0.15, 0.2) is 52.2 Å². The lowest BCUT2D eigenvalue weighted by Crippen LogP contribution is -2.20. The number of rotatable bonds is 5. The highest BCUT2D eigenvalue weighted by molar-refractivity contribution is 5.86. The quantitative estimate of drug-likeness (QED) is 0.571.